The second-order valence-electron chi connectivity index (χ2n) is 11.8. The topological polar surface area (TPSA) is 80.7 Å². The Bertz CT molecular complexity index is 1040. The Kier molecular flexibility index (Phi) is 5.88. The first-order valence-electron chi connectivity index (χ1n) is 13.0. The van der Waals surface area contributed by atoms with E-state index < -0.39 is 11.6 Å². The average Bonchev–Trinajstić information content (AvgIpc) is 3.08. The highest BCUT2D eigenvalue weighted by Gasteiger charge is 2.63. The fourth-order valence-electron chi connectivity index (χ4n) is 8.11. The summed E-state index contributed by atoms with van der Waals surface area (Å²) in [5.74, 6) is 6.69. The highest BCUT2D eigenvalue weighted by Crippen LogP contribution is 2.67. The molecule has 0 aromatic heterocycles. The Morgan fingerprint density at radius 3 is 2.56 bits per heavy atom. The van der Waals surface area contributed by atoms with Gasteiger partial charge >= 0.3 is 5.97 Å². The monoisotopic (exact) mass is 464 g/mol. The number of ether oxygens (including phenoxy) is 1. The zero-order valence-electron chi connectivity index (χ0n) is 20.5. The Morgan fingerprint density at radius 2 is 1.76 bits per heavy atom. The Balaban J connectivity index is 1.30. The molecule has 5 aliphatic carbocycles. The summed E-state index contributed by atoms with van der Waals surface area (Å²) in [5.41, 5.74) is 0.742. The van der Waals surface area contributed by atoms with Gasteiger partial charge in [-0.25, -0.2) is 4.79 Å². The van der Waals surface area contributed by atoms with Crippen LogP contribution in [0.4, 0.5) is 0 Å². The molecular formula is C29H36O5. The lowest BCUT2D eigenvalue weighted by Gasteiger charge is -2.58. The van der Waals surface area contributed by atoms with Gasteiger partial charge in [-0.05, 0) is 98.7 Å². The van der Waals surface area contributed by atoms with Crippen LogP contribution in [-0.2, 0) is 19.1 Å². The molecular weight excluding hydrogens is 428 g/mol. The number of aliphatic hydroxyl groups is 1. The van der Waals surface area contributed by atoms with Crippen LogP contribution in [0.25, 0.3) is 0 Å². The quantitative estimate of drug-likeness (QED) is 0.370. The number of rotatable bonds is 2. The number of esters is 1. The van der Waals surface area contributed by atoms with Crippen molar-refractivity contribution in [3.8, 4) is 11.8 Å². The Labute approximate surface area is 202 Å². The maximum absolute atomic E-state index is 12.3. The lowest BCUT2D eigenvalue weighted by Crippen LogP contribution is -2.54. The van der Waals surface area contributed by atoms with Crippen molar-refractivity contribution in [3.05, 3.63) is 23.3 Å². The van der Waals surface area contributed by atoms with Crippen LogP contribution in [0.1, 0.15) is 84.5 Å². The average molecular weight is 465 g/mol. The van der Waals surface area contributed by atoms with Crippen LogP contribution in [0, 0.1) is 40.4 Å². The maximum atomic E-state index is 12.3. The van der Waals surface area contributed by atoms with E-state index in [0.29, 0.717) is 37.0 Å². The summed E-state index contributed by atoms with van der Waals surface area (Å²) in [6.45, 7) is 4.62. The van der Waals surface area contributed by atoms with E-state index in [0.717, 1.165) is 56.9 Å². The van der Waals surface area contributed by atoms with Crippen molar-refractivity contribution in [2.45, 2.75) is 90.1 Å². The molecule has 182 valence electrons. The van der Waals surface area contributed by atoms with Crippen LogP contribution in [0.2, 0.25) is 0 Å². The smallest absolute Gasteiger partial charge is 0.384 e. The molecule has 6 atom stereocenters. The summed E-state index contributed by atoms with van der Waals surface area (Å²) in [7, 11) is 0. The highest BCUT2D eigenvalue weighted by molar-refractivity contribution is 5.92. The fourth-order valence-corrected chi connectivity index (χ4v) is 8.11. The number of hydrogen-bond donors (Lipinski definition) is 1. The van der Waals surface area contributed by atoms with Gasteiger partial charge in [0.2, 0.25) is 0 Å². The summed E-state index contributed by atoms with van der Waals surface area (Å²) in [5, 5.41) is 11.7. The van der Waals surface area contributed by atoms with Gasteiger partial charge in [-0.1, -0.05) is 25.3 Å². The van der Waals surface area contributed by atoms with Crippen LogP contribution >= 0.6 is 0 Å². The number of ketones is 2. The van der Waals surface area contributed by atoms with Gasteiger partial charge < -0.3 is 9.84 Å². The number of fused-ring (bicyclic) bond motifs is 5. The normalized spacial score (nSPS) is 41.2. The molecule has 0 amide bonds. The molecule has 34 heavy (non-hydrogen) atoms. The minimum Gasteiger partial charge on any atom is -0.452 e. The molecule has 0 aromatic rings. The Hall–Kier alpha value is -2.19. The molecule has 0 spiro atoms. The summed E-state index contributed by atoms with van der Waals surface area (Å²) < 4.78 is 5.29. The van der Waals surface area contributed by atoms with Crippen molar-refractivity contribution in [2.75, 3.05) is 6.61 Å². The van der Waals surface area contributed by atoms with Gasteiger partial charge in [-0.3, -0.25) is 9.59 Å². The first-order valence-corrected chi connectivity index (χ1v) is 13.0. The van der Waals surface area contributed by atoms with Crippen LogP contribution < -0.4 is 0 Å². The third kappa shape index (κ3) is 3.79. The van der Waals surface area contributed by atoms with Crippen molar-refractivity contribution < 1.29 is 24.2 Å². The van der Waals surface area contributed by atoms with Crippen LogP contribution in [0.15, 0.2) is 23.3 Å². The van der Waals surface area contributed by atoms with E-state index in [2.05, 4.69) is 25.7 Å². The van der Waals surface area contributed by atoms with E-state index in [9.17, 15) is 19.5 Å². The van der Waals surface area contributed by atoms with Crippen LogP contribution in [0.3, 0.4) is 0 Å². The second kappa shape index (κ2) is 8.48. The van der Waals surface area contributed by atoms with E-state index in [-0.39, 0.29) is 29.0 Å². The Morgan fingerprint density at radius 1 is 1.00 bits per heavy atom. The van der Waals surface area contributed by atoms with Crippen molar-refractivity contribution in [1.29, 1.82) is 0 Å². The summed E-state index contributed by atoms with van der Waals surface area (Å²) in [4.78, 5) is 35.9. The molecule has 0 aromatic carbocycles. The zero-order chi connectivity index (χ0) is 24.1. The fraction of sp³-hybridized carbons (Fsp3) is 0.690. The molecule has 1 N–H and O–H groups in total. The van der Waals surface area contributed by atoms with E-state index in [1.807, 2.05) is 6.08 Å². The lowest BCUT2D eigenvalue weighted by atomic mass is 9.46. The lowest BCUT2D eigenvalue weighted by molar-refractivity contribution is -0.136. The largest absolute Gasteiger partial charge is 0.452 e. The van der Waals surface area contributed by atoms with Crippen molar-refractivity contribution in [3.63, 3.8) is 0 Å². The molecule has 3 fully saturated rings. The molecule has 0 bridgehead atoms. The van der Waals surface area contributed by atoms with Crippen molar-refractivity contribution in [2.24, 2.45) is 28.6 Å². The van der Waals surface area contributed by atoms with Gasteiger partial charge in [0.15, 0.2) is 11.6 Å². The van der Waals surface area contributed by atoms with Gasteiger partial charge in [0.05, 0.1) is 0 Å². The summed E-state index contributed by atoms with van der Waals surface area (Å²) in [6, 6.07) is 0. The number of hydrogen-bond acceptors (Lipinski definition) is 5. The standard InChI is InChI=1S/C29H36O5/c1-27-12-8-22(31)17-20(27)6-7-23-24(27)9-13-28(2)25(23)10-14-29(28,33)15-11-26(32)34-18-19-4-3-5-21(30)16-19/h16-17,23-25,33H,3-10,12-14,18H2,1-2H3/t23?,24?,25?,27-,28-,29+/m0/s1. The SMILES string of the molecule is C[C@]12CCC(=O)C=C1CCC1C2CC[C@@]2(C)C1CC[C@@]2(O)C#CC(=O)OCC1=CC(=O)CCC1. The third-order valence-corrected chi connectivity index (χ3v) is 10.2. The highest BCUT2D eigenvalue weighted by atomic mass is 16.5. The van der Waals surface area contributed by atoms with Gasteiger partial charge in [-0.2, -0.15) is 0 Å². The van der Waals surface area contributed by atoms with Gasteiger partial charge in [-0.15, -0.1) is 0 Å². The van der Waals surface area contributed by atoms with Crippen LogP contribution in [-0.4, -0.2) is 34.9 Å². The minimum atomic E-state index is -1.19. The van der Waals surface area contributed by atoms with Crippen molar-refractivity contribution in [1.82, 2.24) is 0 Å². The molecule has 0 radical (unpaired) electrons. The predicted octanol–water partition coefficient (Wildman–Crippen LogP) is 4.48. The molecule has 5 aliphatic rings. The number of carbonyl (C=O) groups excluding carboxylic acids is 3. The zero-order valence-corrected chi connectivity index (χ0v) is 20.5. The second-order valence-corrected chi connectivity index (χ2v) is 11.8. The minimum absolute atomic E-state index is 0.0808. The molecule has 5 heteroatoms. The first-order chi connectivity index (χ1) is 16.1. The van der Waals surface area contributed by atoms with E-state index in [1.54, 1.807) is 6.08 Å². The molecule has 0 heterocycles. The molecule has 5 nitrogen and oxygen atoms in total. The van der Waals surface area contributed by atoms with Crippen molar-refractivity contribution >= 4 is 17.5 Å². The van der Waals surface area contributed by atoms with Gasteiger partial charge in [0.25, 0.3) is 0 Å². The van der Waals surface area contributed by atoms with E-state index in [1.165, 1.54) is 5.57 Å². The summed E-state index contributed by atoms with van der Waals surface area (Å²) >= 11 is 0. The third-order valence-electron chi connectivity index (χ3n) is 10.2. The van der Waals surface area contributed by atoms with E-state index in [4.69, 9.17) is 4.74 Å². The number of allylic oxidation sites excluding steroid dienone is 2. The molecule has 3 saturated carbocycles. The molecule has 5 rings (SSSR count). The van der Waals surface area contributed by atoms with E-state index >= 15 is 0 Å². The summed E-state index contributed by atoms with van der Waals surface area (Å²) in [6.07, 6.45) is 12.7. The first kappa shape index (κ1) is 23.5. The molecule has 0 saturated heterocycles. The van der Waals surface area contributed by atoms with Crippen LogP contribution in [0.5, 0.6) is 0 Å². The molecule has 3 unspecified atom stereocenters. The number of carbonyl (C=O) groups is 3. The maximum Gasteiger partial charge on any atom is 0.384 e. The van der Waals surface area contributed by atoms with Gasteiger partial charge in [0, 0.05) is 24.2 Å². The molecule has 0 aliphatic heterocycles. The van der Waals surface area contributed by atoms with Gasteiger partial charge in [0.1, 0.15) is 12.2 Å². The predicted molar refractivity (Wildman–Crippen MR) is 127 cm³/mol.